The summed E-state index contributed by atoms with van der Waals surface area (Å²) in [4.78, 5) is 0. The topological polar surface area (TPSA) is 17.8 Å². The van der Waals surface area contributed by atoms with Gasteiger partial charge in [0.05, 0.1) is 15.3 Å². The molecule has 1 aromatic heterocycles. The molecule has 2 aliphatic rings. The summed E-state index contributed by atoms with van der Waals surface area (Å²) < 4.78 is 3.54. The quantitative estimate of drug-likeness (QED) is 0.705. The molecule has 0 radical (unpaired) electrons. The number of rotatable bonds is 1. The van der Waals surface area contributed by atoms with Crippen molar-refractivity contribution in [3.05, 3.63) is 15.5 Å². The predicted octanol–water partition coefficient (Wildman–Crippen LogP) is 1.92. The van der Waals surface area contributed by atoms with Crippen LogP contribution in [0.2, 0.25) is 0 Å². The number of nitrogens with zero attached hydrogens (tertiary/aromatic N) is 2. The molecule has 2 nitrogen and oxygen atoms in total. The largest absolute Gasteiger partial charge is 0.262 e. The first kappa shape index (κ1) is 6.46. The Morgan fingerprint density at radius 1 is 1.73 bits per heavy atom. The Bertz CT molecular complexity index is 323. The molecule has 2 fully saturated rings. The van der Waals surface area contributed by atoms with Crippen LogP contribution in [0.25, 0.3) is 0 Å². The van der Waals surface area contributed by atoms with Gasteiger partial charge in [-0.3, -0.25) is 4.68 Å². The summed E-state index contributed by atoms with van der Waals surface area (Å²) in [6, 6.07) is 0. The van der Waals surface area contributed by atoms with Crippen LogP contribution in [0.15, 0.2) is 6.20 Å². The fourth-order valence-corrected chi connectivity index (χ4v) is 2.21. The standard InChI is InChI=1S/C8H9IN2/c1-5-7(9)4-10-11(5)8-2-6(8)3-8/h4,6H,2-3H2,1H3. The van der Waals surface area contributed by atoms with Gasteiger partial charge in [-0.05, 0) is 48.3 Å². The molecule has 1 heterocycles. The third-order valence-corrected chi connectivity index (χ3v) is 4.07. The van der Waals surface area contributed by atoms with Crippen LogP contribution in [0.3, 0.4) is 0 Å². The van der Waals surface area contributed by atoms with Crippen LogP contribution in [-0.2, 0) is 5.54 Å². The second-order valence-electron chi connectivity index (χ2n) is 3.70. The van der Waals surface area contributed by atoms with E-state index >= 15 is 0 Å². The molecule has 0 atom stereocenters. The third-order valence-electron chi connectivity index (χ3n) is 3.01. The van der Waals surface area contributed by atoms with Gasteiger partial charge in [-0.15, -0.1) is 0 Å². The smallest absolute Gasteiger partial charge is 0.0668 e. The molecule has 2 aliphatic carbocycles. The normalized spacial score (nSPS) is 38.5. The maximum atomic E-state index is 4.40. The monoisotopic (exact) mass is 260 g/mol. The van der Waals surface area contributed by atoms with Gasteiger partial charge in [0.1, 0.15) is 0 Å². The highest BCUT2D eigenvalue weighted by Crippen LogP contribution is 2.72. The van der Waals surface area contributed by atoms with E-state index in [1.807, 2.05) is 6.20 Å². The molecule has 0 amide bonds. The Kier molecular flexibility index (Phi) is 0.969. The first-order chi connectivity index (χ1) is 5.24. The first-order valence-corrected chi connectivity index (χ1v) is 5.02. The van der Waals surface area contributed by atoms with Gasteiger partial charge in [0.15, 0.2) is 0 Å². The Labute approximate surface area is 79.1 Å². The molecule has 0 aliphatic heterocycles. The SMILES string of the molecule is Cc1c(I)cnn1C12CC1C2. The van der Waals surface area contributed by atoms with Crippen molar-refractivity contribution in [1.29, 1.82) is 0 Å². The Hall–Kier alpha value is -0.0600. The minimum atomic E-state index is 0.521. The maximum absolute atomic E-state index is 4.40. The number of hydrogen-bond acceptors (Lipinski definition) is 1. The predicted molar refractivity (Wildman–Crippen MR) is 50.4 cm³/mol. The summed E-state index contributed by atoms with van der Waals surface area (Å²) in [5.41, 5.74) is 1.87. The summed E-state index contributed by atoms with van der Waals surface area (Å²) in [6.45, 7) is 2.16. The number of halogens is 1. The van der Waals surface area contributed by atoms with Crippen molar-refractivity contribution in [2.24, 2.45) is 5.92 Å². The van der Waals surface area contributed by atoms with Gasteiger partial charge in [-0.1, -0.05) is 0 Å². The summed E-state index contributed by atoms with van der Waals surface area (Å²) in [7, 11) is 0. The van der Waals surface area contributed by atoms with E-state index in [4.69, 9.17) is 0 Å². The van der Waals surface area contributed by atoms with E-state index in [0.29, 0.717) is 5.54 Å². The van der Waals surface area contributed by atoms with Gasteiger partial charge in [-0.2, -0.15) is 5.10 Å². The van der Waals surface area contributed by atoms with Crippen LogP contribution in [-0.4, -0.2) is 9.78 Å². The lowest BCUT2D eigenvalue weighted by molar-refractivity contribution is 0.517. The van der Waals surface area contributed by atoms with Crippen molar-refractivity contribution in [1.82, 2.24) is 9.78 Å². The third kappa shape index (κ3) is 0.655. The van der Waals surface area contributed by atoms with Crippen molar-refractivity contribution >= 4 is 22.6 Å². The van der Waals surface area contributed by atoms with Crippen molar-refractivity contribution in [3.63, 3.8) is 0 Å². The summed E-state index contributed by atoms with van der Waals surface area (Å²) in [6.07, 6.45) is 4.73. The van der Waals surface area contributed by atoms with Crippen LogP contribution in [0.4, 0.5) is 0 Å². The molecule has 3 rings (SSSR count). The molecule has 0 saturated heterocycles. The highest BCUT2D eigenvalue weighted by molar-refractivity contribution is 14.1. The minimum Gasteiger partial charge on any atom is -0.262 e. The van der Waals surface area contributed by atoms with E-state index in [1.54, 1.807) is 0 Å². The van der Waals surface area contributed by atoms with Crippen LogP contribution in [0.5, 0.6) is 0 Å². The first-order valence-electron chi connectivity index (χ1n) is 3.95. The van der Waals surface area contributed by atoms with Gasteiger partial charge in [0.2, 0.25) is 0 Å². The lowest BCUT2D eigenvalue weighted by Crippen LogP contribution is -2.10. The van der Waals surface area contributed by atoms with Crippen LogP contribution in [0.1, 0.15) is 18.5 Å². The van der Waals surface area contributed by atoms with E-state index in [2.05, 4.69) is 39.3 Å². The van der Waals surface area contributed by atoms with Crippen molar-refractivity contribution < 1.29 is 0 Å². The Morgan fingerprint density at radius 3 is 2.73 bits per heavy atom. The van der Waals surface area contributed by atoms with E-state index in [0.717, 1.165) is 5.92 Å². The zero-order valence-corrected chi connectivity index (χ0v) is 8.50. The molecule has 0 aromatic carbocycles. The number of hydrogen-bond donors (Lipinski definition) is 0. The molecule has 0 spiro atoms. The van der Waals surface area contributed by atoms with Crippen LogP contribution < -0.4 is 0 Å². The summed E-state index contributed by atoms with van der Waals surface area (Å²) in [5, 5.41) is 4.40. The zero-order valence-electron chi connectivity index (χ0n) is 6.34. The van der Waals surface area contributed by atoms with Gasteiger partial charge in [0, 0.05) is 5.69 Å². The average molecular weight is 260 g/mol. The van der Waals surface area contributed by atoms with Gasteiger partial charge in [0.25, 0.3) is 0 Å². The fourth-order valence-electron chi connectivity index (χ4n) is 1.86. The molecule has 11 heavy (non-hydrogen) atoms. The molecule has 58 valence electrons. The minimum absolute atomic E-state index is 0.521. The van der Waals surface area contributed by atoms with Crippen LogP contribution in [0, 0.1) is 16.4 Å². The molecular formula is C8H9IN2. The summed E-state index contributed by atoms with van der Waals surface area (Å²) >= 11 is 2.35. The second-order valence-corrected chi connectivity index (χ2v) is 4.86. The average Bonchev–Trinajstić information content (AvgIpc) is 2.72. The van der Waals surface area contributed by atoms with Gasteiger partial charge in [-0.25, -0.2) is 0 Å². The van der Waals surface area contributed by atoms with E-state index < -0.39 is 0 Å². The highest BCUT2D eigenvalue weighted by atomic mass is 127. The van der Waals surface area contributed by atoms with Crippen LogP contribution >= 0.6 is 22.6 Å². The van der Waals surface area contributed by atoms with Gasteiger partial charge < -0.3 is 0 Å². The van der Waals surface area contributed by atoms with E-state index in [1.165, 1.54) is 22.1 Å². The molecule has 2 saturated carbocycles. The number of aromatic nitrogens is 2. The summed E-state index contributed by atoms with van der Waals surface area (Å²) in [5.74, 6) is 0.983. The van der Waals surface area contributed by atoms with Crippen molar-refractivity contribution in [2.75, 3.05) is 0 Å². The molecular weight excluding hydrogens is 251 g/mol. The maximum Gasteiger partial charge on any atom is 0.0668 e. The van der Waals surface area contributed by atoms with E-state index in [9.17, 15) is 0 Å². The molecule has 0 N–H and O–H groups in total. The van der Waals surface area contributed by atoms with Gasteiger partial charge >= 0.3 is 0 Å². The highest BCUT2D eigenvalue weighted by Gasteiger charge is 2.72. The molecule has 1 aromatic rings. The Balaban J connectivity index is 2.13. The molecule has 3 heteroatoms. The lowest BCUT2D eigenvalue weighted by atomic mass is 10.3. The fraction of sp³-hybridized carbons (Fsp3) is 0.625. The number of fused-ring (bicyclic) bond motifs is 1. The van der Waals surface area contributed by atoms with E-state index in [-0.39, 0.29) is 0 Å². The molecule has 0 bridgehead atoms. The second kappa shape index (κ2) is 1.65. The Morgan fingerprint density at radius 2 is 2.36 bits per heavy atom. The lowest BCUT2D eigenvalue weighted by Gasteiger charge is -2.05. The molecule has 0 unspecified atom stereocenters. The van der Waals surface area contributed by atoms with Crippen molar-refractivity contribution in [2.45, 2.75) is 25.3 Å². The zero-order chi connectivity index (χ0) is 7.64. The van der Waals surface area contributed by atoms with Crippen molar-refractivity contribution in [3.8, 4) is 0 Å².